The number of hydrogen-bond acceptors (Lipinski definition) is 7. The zero-order valence-corrected chi connectivity index (χ0v) is 17.5. The smallest absolute Gasteiger partial charge is 0.344 e. The molecule has 1 aliphatic heterocycles. The molecule has 7 nitrogen and oxygen atoms in total. The minimum Gasteiger partial charge on any atom is -0.466 e. The molecule has 0 radical (unpaired) electrons. The van der Waals surface area contributed by atoms with Gasteiger partial charge in [0.05, 0.1) is 14.2 Å². The maximum absolute atomic E-state index is 12.6. The molecule has 1 aromatic carbocycles. The van der Waals surface area contributed by atoms with Gasteiger partial charge in [-0.3, -0.25) is 5.01 Å². The second-order valence-corrected chi connectivity index (χ2v) is 7.10. The van der Waals surface area contributed by atoms with E-state index >= 15 is 0 Å². The maximum atomic E-state index is 12.6. The number of aryl methyl sites for hydroxylation is 1. The number of ether oxygens (including phenoxy) is 3. The lowest BCUT2D eigenvalue weighted by molar-refractivity contribution is -0.139. The van der Waals surface area contributed by atoms with E-state index in [1.807, 2.05) is 63.9 Å². The van der Waals surface area contributed by atoms with Gasteiger partial charge in [0.15, 0.2) is 6.10 Å². The van der Waals surface area contributed by atoms with Crippen LogP contribution in [0.1, 0.15) is 44.9 Å². The highest BCUT2D eigenvalue weighted by Gasteiger charge is 2.43. The molecule has 0 aliphatic carbocycles. The molecule has 1 heterocycles. The average molecular weight is 388 g/mol. The molecule has 1 unspecified atom stereocenters. The van der Waals surface area contributed by atoms with Crippen molar-refractivity contribution < 1.29 is 23.8 Å². The number of benzene rings is 1. The Bertz CT molecular complexity index is 803. The lowest BCUT2D eigenvalue weighted by atomic mass is 9.96. The molecule has 0 bridgehead atoms. The van der Waals surface area contributed by atoms with Gasteiger partial charge in [0.1, 0.15) is 11.1 Å². The van der Waals surface area contributed by atoms with E-state index in [1.54, 1.807) is 0 Å². The van der Waals surface area contributed by atoms with E-state index in [4.69, 9.17) is 14.2 Å². The van der Waals surface area contributed by atoms with Crippen LogP contribution in [0.5, 0.6) is 0 Å². The molecular formula is C21H28N2O5. The van der Waals surface area contributed by atoms with Crippen LogP contribution in [0.4, 0.5) is 0 Å². The lowest BCUT2D eigenvalue weighted by Gasteiger charge is -2.28. The largest absolute Gasteiger partial charge is 0.466 e. The SMILES string of the molecule is COC(=O)C1=C(C(=O)OC)C(c2ccccc2C)O/C1=N\N(C(C)C)C(C)C. The van der Waals surface area contributed by atoms with Crippen molar-refractivity contribution in [2.45, 2.75) is 52.8 Å². The number of rotatable bonds is 6. The van der Waals surface area contributed by atoms with Crippen molar-refractivity contribution in [1.29, 1.82) is 0 Å². The van der Waals surface area contributed by atoms with Crippen LogP contribution in [-0.4, -0.2) is 49.1 Å². The van der Waals surface area contributed by atoms with Crippen molar-refractivity contribution in [2.24, 2.45) is 5.10 Å². The fraction of sp³-hybridized carbons (Fsp3) is 0.476. The summed E-state index contributed by atoms with van der Waals surface area (Å²) in [6, 6.07) is 7.63. The van der Waals surface area contributed by atoms with E-state index in [1.165, 1.54) is 14.2 Å². The van der Waals surface area contributed by atoms with Gasteiger partial charge in [-0.2, -0.15) is 0 Å². The lowest BCUT2D eigenvalue weighted by Crippen LogP contribution is -2.34. The summed E-state index contributed by atoms with van der Waals surface area (Å²) in [7, 11) is 2.52. The highest BCUT2D eigenvalue weighted by molar-refractivity contribution is 6.23. The van der Waals surface area contributed by atoms with Crippen LogP contribution in [0.2, 0.25) is 0 Å². The molecule has 0 amide bonds. The van der Waals surface area contributed by atoms with E-state index in [9.17, 15) is 9.59 Å². The Morgan fingerprint density at radius 1 is 1.04 bits per heavy atom. The molecule has 0 aromatic heterocycles. The Hall–Kier alpha value is -2.83. The second-order valence-electron chi connectivity index (χ2n) is 7.10. The van der Waals surface area contributed by atoms with E-state index in [2.05, 4.69) is 5.10 Å². The first-order chi connectivity index (χ1) is 13.2. The molecule has 1 aromatic rings. The fourth-order valence-corrected chi connectivity index (χ4v) is 3.20. The quantitative estimate of drug-likeness (QED) is 0.550. The van der Waals surface area contributed by atoms with Crippen molar-refractivity contribution in [3.8, 4) is 0 Å². The van der Waals surface area contributed by atoms with E-state index in [0.717, 1.165) is 11.1 Å². The molecule has 28 heavy (non-hydrogen) atoms. The number of esters is 2. The van der Waals surface area contributed by atoms with Gasteiger partial charge in [-0.1, -0.05) is 24.3 Å². The Morgan fingerprint density at radius 2 is 1.61 bits per heavy atom. The number of methoxy groups -OCH3 is 2. The highest BCUT2D eigenvalue weighted by atomic mass is 16.5. The summed E-state index contributed by atoms with van der Waals surface area (Å²) < 4.78 is 15.9. The van der Waals surface area contributed by atoms with Crippen LogP contribution >= 0.6 is 0 Å². The summed E-state index contributed by atoms with van der Waals surface area (Å²) >= 11 is 0. The first kappa shape index (κ1) is 21.5. The number of nitrogens with zero attached hydrogens (tertiary/aromatic N) is 2. The van der Waals surface area contributed by atoms with Gasteiger partial charge < -0.3 is 14.2 Å². The highest BCUT2D eigenvalue weighted by Crippen LogP contribution is 2.38. The third-order valence-electron chi connectivity index (χ3n) is 4.51. The third-order valence-corrected chi connectivity index (χ3v) is 4.51. The molecule has 7 heteroatoms. The molecule has 152 valence electrons. The summed E-state index contributed by atoms with van der Waals surface area (Å²) in [5.41, 5.74) is 1.77. The zero-order valence-electron chi connectivity index (χ0n) is 17.5. The van der Waals surface area contributed by atoms with E-state index in [-0.39, 0.29) is 29.1 Å². The second kappa shape index (κ2) is 8.91. The molecule has 1 aliphatic rings. The van der Waals surface area contributed by atoms with Gasteiger partial charge in [0.25, 0.3) is 0 Å². The van der Waals surface area contributed by atoms with Crippen LogP contribution in [0.15, 0.2) is 40.5 Å². The van der Waals surface area contributed by atoms with Gasteiger partial charge in [0.2, 0.25) is 5.90 Å². The molecule has 0 fully saturated rings. The van der Waals surface area contributed by atoms with Crippen molar-refractivity contribution in [3.05, 3.63) is 46.5 Å². The molecule has 1 atom stereocenters. The first-order valence-electron chi connectivity index (χ1n) is 9.23. The standard InChI is InChI=1S/C21H28N2O5/c1-12(2)23(13(3)4)22-19-17(21(25)27-7)16(20(24)26-6)18(28-19)15-11-9-8-10-14(15)5/h8-13,18H,1-7H3/b22-19-. The van der Waals surface area contributed by atoms with Crippen molar-refractivity contribution >= 4 is 17.8 Å². The van der Waals surface area contributed by atoms with Gasteiger partial charge in [-0.15, -0.1) is 5.10 Å². The zero-order chi connectivity index (χ0) is 21.0. The third kappa shape index (κ3) is 4.18. The first-order valence-corrected chi connectivity index (χ1v) is 9.23. The predicted molar refractivity (Wildman–Crippen MR) is 106 cm³/mol. The van der Waals surface area contributed by atoms with Gasteiger partial charge in [0, 0.05) is 17.6 Å². The number of carbonyl (C=O) groups excluding carboxylic acids is 2. The van der Waals surface area contributed by atoms with E-state index in [0.29, 0.717) is 0 Å². The van der Waals surface area contributed by atoms with Gasteiger partial charge in [-0.25, -0.2) is 9.59 Å². The maximum Gasteiger partial charge on any atom is 0.344 e. The molecule has 0 spiro atoms. The summed E-state index contributed by atoms with van der Waals surface area (Å²) in [6.45, 7) is 9.86. The number of carbonyl (C=O) groups is 2. The minimum atomic E-state index is -0.803. The molecular weight excluding hydrogens is 360 g/mol. The Kier molecular flexibility index (Phi) is 6.83. The van der Waals surface area contributed by atoms with Crippen LogP contribution in [-0.2, 0) is 23.8 Å². The van der Waals surface area contributed by atoms with Crippen LogP contribution < -0.4 is 0 Å². The summed E-state index contributed by atoms with van der Waals surface area (Å²) in [5, 5.41) is 6.37. The fourth-order valence-electron chi connectivity index (χ4n) is 3.20. The van der Waals surface area contributed by atoms with Crippen LogP contribution in [0.3, 0.4) is 0 Å². The van der Waals surface area contributed by atoms with Crippen molar-refractivity contribution in [1.82, 2.24) is 5.01 Å². The molecule has 0 saturated heterocycles. The van der Waals surface area contributed by atoms with E-state index < -0.39 is 18.0 Å². The summed E-state index contributed by atoms with van der Waals surface area (Å²) in [6.07, 6.45) is -0.803. The van der Waals surface area contributed by atoms with Gasteiger partial charge in [-0.05, 0) is 40.2 Å². The Morgan fingerprint density at radius 3 is 2.11 bits per heavy atom. The van der Waals surface area contributed by atoms with Crippen molar-refractivity contribution in [3.63, 3.8) is 0 Å². The van der Waals surface area contributed by atoms with Crippen molar-refractivity contribution in [2.75, 3.05) is 14.2 Å². The molecule has 2 rings (SSSR count). The normalized spacial score (nSPS) is 17.9. The Balaban J connectivity index is 2.71. The van der Waals surface area contributed by atoms with Gasteiger partial charge >= 0.3 is 11.9 Å². The molecule has 0 saturated carbocycles. The summed E-state index contributed by atoms with van der Waals surface area (Å²) in [4.78, 5) is 25.2. The van der Waals surface area contributed by atoms with Crippen LogP contribution in [0.25, 0.3) is 0 Å². The molecule has 0 N–H and O–H groups in total. The monoisotopic (exact) mass is 388 g/mol. The predicted octanol–water partition coefficient (Wildman–Crippen LogP) is 3.14. The number of hydrogen-bond donors (Lipinski definition) is 0. The summed E-state index contributed by atoms with van der Waals surface area (Å²) in [5.74, 6) is -1.29. The average Bonchev–Trinajstić information content (AvgIpc) is 3.03. The Labute approximate surface area is 165 Å². The minimum absolute atomic E-state index is 0.00565. The van der Waals surface area contributed by atoms with Crippen LogP contribution in [0, 0.1) is 6.92 Å². The number of hydrazone groups is 1. The topological polar surface area (TPSA) is 77.4 Å².